The summed E-state index contributed by atoms with van der Waals surface area (Å²) in [6.45, 7) is 0. The quantitative estimate of drug-likeness (QED) is 0.544. The van der Waals surface area contributed by atoms with Crippen molar-refractivity contribution in [2.45, 2.75) is 0 Å². The first-order valence-electron chi connectivity index (χ1n) is 9.09. The zero-order valence-corrected chi connectivity index (χ0v) is 16.7. The number of carbonyl (C=O) groups is 2. The van der Waals surface area contributed by atoms with E-state index in [2.05, 4.69) is 10.8 Å². The van der Waals surface area contributed by atoms with E-state index >= 15 is 0 Å². The fraction of sp³-hybridized carbons (Fsp3) is 0.0435. The second kappa shape index (κ2) is 8.31. The fourth-order valence-electron chi connectivity index (χ4n) is 3.02. The molecule has 150 valence electrons. The molecule has 4 rings (SSSR count). The Kier molecular flexibility index (Phi) is 5.41. The third-order valence-corrected chi connectivity index (χ3v) is 4.90. The maximum atomic E-state index is 12.8. The Morgan fingerprint density at radius 1 is 0.767 bits per heavy atom. The Bertz CT molecular complexity index is 1160. The van der Waals surface area contributed by atoms with Crippen LogP contribution in [0.3, 0.4) is 0 Å². The third-order valence-electron chi connectivity index (χ3n) is 4.54. The molecule has 0 radical (unpaired) electrons. The van der Waals surface area contributed by atoms with Gasteiger partial charge in [0.15, 0.2) is 5.75 Å². The van der Waals surface area contributed by atoms with Gasteiger partial charge in [0.25, 0.3) is 0 Å². The van der Waals surface area contributed by atoms with Crippen LogP contribution in [0.25, 0.3) is 0 Å². The van der Waals surface area contributed by atoms with E-state index in [1.165, 1.54) is 0 Å². The SMILES string of the molecule is COc1ccc(ONc2cccc(NC3=C(Cl)C(=O)c4ccccc4C3=O)c2)cc1. The minimum atomic E-state index is -0.383. The highest BCUT2D eigenvalue weighted by Gasteiger charge is 2.31. The molecule has 0 unspecified atom stereocenters. The lowest BCUT2D eigenvalue weighted by Gasteiger charge is -2.19. The van der Waals surface area contributed by atoms with E-state index in [9.17, 15) is 9.59 Å². The largest absolute Gasteiger partial charge is 0.497 e. The summed E-state index contributed by atoms with van der Waals surface area (Å²) in [6.07, 6.45) is 0. The summed E-state index contributed by atoms with van der Waals surface area (Å²) >= 11 is 6.21. The lowest BCUT2D eigenvalue weighted by Crippen LogP contribution is -2.24. The number of halogens is 1. The number of ketones is 2. The van der Waals surface area contributed by atoms with Crippen LogP contribution in [-0.2, 0) is 0 Å². The van der Waals surface area contributed by atoms with Gasteiger partial charge in [-0.15, -0.1) is 0 Å². The monoisotopic (exact) mass is 420 g/mol. The van der Waals surface area contributed by atoms with Crippen LogP contribution in [0.2, 0.25) is 0 Å². The average Bonchev–Trinajstić information content (AvgIpc) is 2.79. The van der Waals surface area contributed by atoms with Crippen LogP contribution in [0.5, 0.6) is 11.5 Å². The molecule has 6 nitrogen and oxygen atoms in total. The number of carbonyl (C=O) groups excluding carboxylic acids is 2. The van der Waals surface area contributed by atoms with Crippen molar-refractivity contribution in [3.05, 3.63) is 94.7 Å². The van der Waals surface area contributed by atoms with Crippen molar-refractivity contribution >= 4 is 34.5 Å². The molecule has 0 bridgehead atoms. The van der Waals surface area contributed by atoms with Gasteiger partial charge >= 0.3 is 0 Å². The summed E-state index contributed by atoms with van der Waals surface area (Å²) in [5.74, 6) is 0.617. The van der Waals surface area contributed by atoms with Gasteiger partial charge in [-0.2, -0.15) is 0 Å². The summed E-state index contributed by atoms with van der Waals surface area (Å²) in [6, 6.07) is 20.8. The van der Waals surface area contributed by atoms with Crippen LogP contribution in [0, 0.1) is 0 Å². The Labute approximate surface area is 178 Å². The molecule has 0 aromatic heterocycles. The first kappa shape index (κ1) is 19.5. The number of allylic oxidation sites excluding steroid dienone is 2. The number of hydrogen-bond acceptors (Lipinski definition) is 6. The van der Waals surface area contributed by atoms with Crippen molar-refractivity contribution < 1.29 is 19.2 Å². The standard InChI is InChI=1S/C23H17ClN2O4/c1-29-16-9-11-17(12-10-16)30-26-15-6-4-5-14(13-15)25-21-20(24)22(27)18-7-2-3-8-19(18)23(21)28/h2-13,25-26H,1H3. The highest BCUT2D eigenvalue weighted by molar-refractivity contribution is 6.50. The molecule has 0 spiro atoms. The first-order valence-corrected chi connectivity index (χ1v) is 9.47. The van der Waals surface area contributed by atoms with Gasteiger partial charge < -0.3 is 14.9 Å². The van der Waals surface area contributed by atoms with Crippen LogP contribution in [-0.4, -0.2) is 18.7 Å². The molecular weight excluding hydrogens is 404 g/mol. The molecule has 0 saturated carbocycles. The lowest BCUT2D eigenvalue weighted by atomic mass is 9.92. The average molecular weight is 421 g/mol. The molecule has 3 aromatic rings. The number of anilines is 2. The van der Waals surface area contributed by atoms with Gasteiger partial charge in [-0.1, -0.05) is 41.9 Å². The molecule has 0 aliphatic heterocycles. The van der Waals surface area contributed by atoms with Crippen LogP contribution in [0.15, 0.2) is 83.5 Å². The van der Waals surface area contributed by atoms with E-state index in [1.807, 2.05) is 0 Å². The van der Waals surface area contributed by atoms with Gasteiger partial charge in [-0.25, -0.2) is 5.48 Å². The number of nitrogens with one attached hydrogen (secondary N) is 2. The van der Waals surface area contributed by atoms with Crippen LogP contribution in [0.1, 0.15) is 20.7 Å². The van der Waals surface area contributed by atoms with E-state index in [4.69, 9.17) is 21.2 Å². The van der Waals surface area contributed by atoms with Crippen molar-refractivity contribution in [2.24, 2.45) is 0 Å². The third kappa shape index (κ3) is 3.86. The Balaban J connectivity index is 1.51. The van der Waals surface area contributed by atoms with Crippen LogP contribution in [0.4, 0.5) is 11.4 Å². The molecule has 1 aliphatic carbocycles. The number of rotatable bonds is 6. The van der Waals surface area contributed by atoms with Gasteiger partial charge in [0.1, 0.15) is 16.5 Å². The highest BCUT2D eigenvalue weighted by Crippen LogP contribution is 2.30. The minimum absolute atomic E-state index is 0.0496. The van der Waals surface area contributed by atoms with E-state index in [0.717, 1.165) is 5.75 Å². The molecule has 0 saturated heterocycles. The van der Waals surface area contributed by atoms with Gasteiger partial charge in [-0.05, 0) is 42.5 Å². The summed E-state index contributed by atoms with van der Waals surface area (Å²) < 4.78 is 5.12. The van der Waals surface area contributed by atoms with E-state index < -0.39 is 0 Å². The minimum Gasteiger partial charge on any atom is -0.497 e. The summed E-state index contributed by atoms with van der Waals surface area (Å²) in [5.41, 5.74) is 4.74. The molecular formula is C23H17ClN2O4. The topological polar surface area (TPSA) is 76.7 Å². The number of ether oxygens (including phenoxy) is 1. The Morgan fingerprint density at radius 2 is 1.40 bits per heavy atom. The summed E-state index contributed by atoms with van der Waals surface area (Å²) in [4.78, 5) is 30.9. The molecule has 1 aliphatic rings. The van der Waals surface area contributed by atoms with E-state index in [-0.39, 0.29) is 22.3 Å². The smallest absolute Gasteiger partial charge is 0.211 e. The molecule has 0 atom stereocenters. The summed E-state index contributed by atoms with van der Waals surface area (Å²) in [7, 11) is 1.59. The van der Waals surface area contributed by atoms with Crippen molar-refractivity contribution in [1.29, 1.82) is 0 Å². The van der Waals surface area contributed by atoms with Gasteiger partial charge in [0.2, 0.25) is 11.6 Å². The van der Waals surface area contributed by atoms with Gasteiger partial charge in [0, 0.05) is 16.8 Å². The van der Waals surface area contributed by atoms with Crippen LogP contribution >= 0.6 is 11.6 Å². The normalized spacial score (nSPS) is 13.0. The van der Waals surface area contributed by atoms with Crippen molar-refractivity contribution in [3.63, 3.8) is 0 Å². The van der Waals surface area contributed by atoms with Gasteiger partial charge in [0.05, 0.1) is 12.8 Å². The van der Waals surface area contributed by atoms with E-state index in [0.29, 0.717) is 28.3 Å². The Hall–Kier alpha value is -3.77. The zero-order chi connectivity index (χ0) is 21.1. The molecule has 0 fully saturated rings. The van der Waals surface area contributed by atoms with Crippen molar-refractivity contribution in [3.8, 4) is 11.5 Å². The predicted octanol–water partition coefficient (Wildman–Crippen LogP) is 5.04. The zero-order valence-electron chi connectivity index (χ0n) is 15.9. The summed E-state index contributed by atoms with van der Waals surface area (Å²) in [5, 5.41) is 2.84. The fourth-order valence-corrected chi connectivity index (χ4v) is 3.26. The maximum Gasteiger partial charge on any atom is 0.211 e. The molecule has 0 heterocycles. The van der Waals surface area contributed by atoms with Gasteiger partial charge in [-0.3, -0.25) is 9.59 Å². The second-order valence-electron chi connectivity index (χ2n) is 6.48. The highest BCUT2D eigenvalue weighted by atomic mass is 35.5. The number of hydrogen-bond donors (Lipinski definition) is 2. The predicted molar refractivity (Wildman–Crippen MR) is 115 cm³/mol. The van der Waals surface area contributed by atoms with Crippen molar-refractivity contribution in [2.75, 3.05) is 17.9 Å². The molecule has 7 heteroatoms. The molecule has 0 amide bonds. The first-order chi connectivity index (χ1) is 14.6. The van der Waals surface area contributed by atoms with Crippen LogP contribution < -0.4 is 20.4 Å². The number of Topliss-reactive ketones (excluding diaryl/α,β-unsaturated/α-hetero) is 2. The van der Waals surface area contributed by atoms with E-state index in [1.54, 1.807) is 79.9 Å². The molecule has 3 aromatic carbocycles. The molecule has 2 N–H and O–H groups in total. The molecule has 30 heavy (non-hydrogen) atoms. The maximum absolute atomic E-state index is 12.8. The lowest BCUT2D eigenvalue weighted by molar-refractivity contribution is 0.0982. The number of fused-ring (bicyclic) bond motifs is 1. The Morgan fingerprint density at radius 3 is 2.10 bits per heavy atom. The second-order valence-corrected chi connectivity index (χ2v) is 6.86. The van der Waals surface area contributed by atoms with Crippen molar-refractivity contribution in [1.82, 2.24) is 0 Å². The number of benzene rings is 3. The number of methoxy groups -OCH3 is 1.